The summed E-state index contributed by atoms with van der Waals surface area (Å²) < 4.78 is 29.0. The van der Waals surface area contributed by atoms with Gasteiger partial charge in [-0.1, -0.05) is 0 Å². The molecule has 4 fully saturated rings. The van der Waals surface area contributed by atoms with E-state index in [0.29, 0.717) is 25.8 Å². The molecule has 10 nitrogen and oxygen atoms in total. The van der Waals surface area contributed by atoms with Crippen molar-refractivity contribution in [3.63, 3.8) is 0 Å². The molecule has 11 heteroatoms. The van der Waals surface area contributed by atoms with Crippen LogP contribution in [0.3, 0.4) is 0 Å². The highest BCUT2D eigenvalue weighted by atomic mass is 32.2. The predicted molar refractivity (Wildman–Crippen MR) is 124 cm³/mol. The topological polar surface area (TPSA) is 111 Å². The average Bonchev–Trinajstić information content (AvgIpc) is 3.31. The second-order valence-corrected chi connectivity index (χ2v) is 12.9. The predicted octanol–water partition coefficient (Wildman–Crippen LogP) is 0.894. The van der Waals surface area contributed by atoms with Gasteiger partial charge in [0.15, 0.2) is 0 Å². The summed E-state index contributed by atoms with van der Waals surface area (Å²) >= 11 is 0. The van der Waals surface area contributed by atoms with E-state index in [1.807, 2.05) is 32.8 Å². The number of hydroxylamine groups is 1. The molecule has 0 aromatic heterocycles. The Morgan fingerprint density at radius 1 is 1.21 bits per heavy atom. The molecule has 188 valence electrons. The largest absolute Gasteiger partial charge is 0.327 e. The summed E-state index contributed by atoms with van der Waals surface area (Å²) in [5, 5.41) is -0.608. The van der Waals surface area contributed by atoms with Crippen LogP contribution in [0.25, 0.3) is 0 Å². The monoisotopic (exact) mass is 485 g/mol. The fourth-order valence-electron chi connectivity index (χ4n) is 5.35. The quantitative estimate of drug-likeness (QED) is 0.499. The van der Waals surface area contributed by atoms with Crippen LogP contribution in [-0.4, -0.2) is 97.8 Å². The van der Waals surface area contributed by atoms with Gasteiger partial charge in [0.2, 0.25) is 15.9 Å². The first kappa shape index (κ1) is 24.8. The minimum atomic E-state index is -3.52. The fourth-order valence-corrected chi connectivity index (χ4v) is 7.31. The van der Waals surface area contributed by atoms with Gasteiger partial charge in [0.25, 0.3) is 0 Å². The number of amides is 3. The van der Waals surface area contributed by atoms with Gasteiger partial charge in [-0.25, -0.2) is 17.9 Å². The standard InChI is InChI=1S/C22H39N5O5S/c1-15-12-16(32-23-15)14-27-20(28)18-13-17(33(30,31)24-22(2)8-9-22)6-7-19(18)26(21(27)29)11-5-10-25(3)4/h15-19,23-24H,5-14H2,1-4H3. The van der Waals surface area contributed by atoms with Gasteiger partial charge in [-0.15, -0.1) is 0 Å². The summed E-state index contributed by atoms with van der Waals surface area (Å²) in [4.78, 5) is 37.7. The molecule has 2 N–H and O–H groups in total. The molecule has 3 amide bonds. The van der Waals surface area contributed by atoms with Gasteiger partial charge in [0.1, 0.15) is 0 Å². The van der Waals surface area contributed by atoms with Gasteiger partial charge in [0.05, 0.1) is 23.8 Å². The van der Waals surface area contributed by atoms with Gasteiger partial charge >= 0.3 is 6.03 Å². The molecule has 0 bridgehead atoms. The number of imide groups is 1. The number of urea groups is 1. The number of carbonyl (C=O) groups is 2. The van der Waals surface area contributed by atoms with Gasteiger partial charge in [-0.3, -0.25) is 14.5 Å². The van der Waals surface area contributed by atoms with E-state index in [-0.39, 0.29) is 48.6 Å². The number of nitrogens with one attached hydrogen (secondary N) is 2. The van der Waals surface area contributed by atoms with E-state index in [4.69, 9.17) is 4.84 Å². The number of carbonyl (C=O) groups excluding carboxylic acids is 2. The molecular formula is C22H39N5O5S. The minimum absolute atomic E-state index is 0.160. The Kier molecular flexibility index (Phi) is 7.08. The van der Waals surface area contributed by atoms with Crippen LogP contribution in [0.4, 0.5) is 4.79 Å². The van der Waals surface area contributed by atoms with Crippen LogP contribution >= 0.6 is 0 Å². The van der Waals surface area contributed by atoms with E-state index >= 15 is 0 Å². The Labute approximate surface area is 197 Å². The lowest BCUT2D eigenvalue weighted by molar-refractivity contribution is -0.142. The van der Waals surface area contributed by atoms with Crippen LogP contribution in [0.5, 0.6) is 0 Å². The van der Waals surface area contributed by atoms with Crippen molar-refractivity contribution in [1.82, 2.24) is 24.9 Å². The van der Waals surface area contributed by atoms with Crippen molar-refractivity contribution in [3.05, 3.63) is 0 Å². The van der Waals surface area contributed by atoms with Gasteiger partial charge < -0.3 is 9.80 Å². The SMILES string of the molecule is CC1CC(CN2C(=O)C3CC(S(=O)(=O)NC4(C)CC4)CCC3N(CCCN(C)C)C2=O)ON1. The summed E-state index contributed by atoms with van der Waals surface area (Å²) in [5.74, 6) is -0.759. The first-order valence-electron chi connectivity index (χ1n) is 12.2. The zero-order chi connectivity index (χ0) is 24.0. The maximum Gasteiger partial charge on any atom is 0.327 e. The Bertz CT molecular complexity index is 861. The van der Waals surface area contributed by atoms with Crippen LogP contribution < -0.4 is 10.2 Å². The summed E-state index contributed by atoms with van der Waals surface area (Å²) in [6.07, 6.45) is 4.19. The zero-order valence-corrected chi connectivity index (χ0v) is 21.1. The Hall–Kier alpha value is -1.27. The maximum atomic E-state index is 13.5. The Balaban J connectivity index is 1.52. The first-order chi connectivity index (χ1) is 15.5. The molecule has 5 unspecified atom stereocenters. The van der Waals surface area contributed by atoms with Crippen molar-refractivity contribution in [1.29, 1.82) is 0 Å². The molecule has 0 spiro atoms. The van der Waals surface area contributed by atoms with E-state index in [2.05, 4.69) is 15.1 Å². The molecule has 0 aromatic rings. The third kappa shape index (κ3) is 5.53. The summed E-state index contributed by atoms with van der Waals surface area (Å²) in [6, 6.07) is -0.353. The van der Waals surface area contributed by atoms with E-state index in [0.717, 1.165) is 25.8 Å². The van der Waals surface area contributed by atoms with Crippen LogP contribution in [0, 0.1) is 5.92 Å². The highest BCUT2D eigenvalue weighted by Crippen LogP contribution is 2.40. The highest BCUT2D eigenvalue weighted by Gasteiger charge is 2.52. The van der Waals surface area contributed by atoms with Gasteiger partial charge in [0, 0.05) is 24.2 Å². The molecule has 2 aliphatic heterocycles. The number of fused-ring (bicyclic) bond motifs is 1. The number of sulfonamides is 1. The third-order valence-electron chi connectivity index (χ3n) is 7.50. The molecule has 2 aliphatic carbocycles. The van der Waals surface area contributed by atoms with Crippen LogP contribution in [-0.2, 0) is 19.7 Å². The van der Waals surface area contributed by atoms with E-state index in [1.54, 1.807) is 0 Å². The van der Waals surface area contributed by atoms with Gasteiger partial charge in [-0.05, 0) is 79.4 Å². The van der Waals surface area contributed by atoms with Crippen molar-refractivity contribution < 1.29 is 22.8 Å². The Morgan fingerprint density at radius 3 is 2.55 bits per heavy atom. The molecule has 2 heterocycles. The molecule has 33 heavy (non-hydrogen) atoms. The number of hydrogen-bond acceptors (Lipinski definition) is 7. The van der Waals surface area contributed by atoms with Crippen molar-refractivity contribution in [2.45, 2.75) is 87.8 Å². The third-order valence-corrected chi connectivity index (χ3v) is 9.58. The van der Waals surface area contributed by atoms with Crippen molar-refractivity contribution in [2.75, 3.05) is 33.7 Å². The second kappa shape index (κ2) is 9.41. The van der Waals surface area contributed by atoms with Crippen molar-refractivity contribution >= 4 is 22.0 Å². The van der Waals surface area contributed by atoms with Crippen LogP contribution in [0.15, 0.2) is 0 Å². The fraction of sp³-hybridized carbons (Fsp3) is 0.909. The first-order valence-corrected chi connectivity index (χ1v) is 13.7. The smallest absolute Gasteiger partial charge is 0.320 e. The highest BCUT2D eigenvalue weighted by molar-refractivity contribution is 7.90. The maximum absolute atomic E-state index is 13.5. The molecule has 4 rings (SSSR count). The minimum Gasteiger partial charge on any atom is -0.320 e. The number of nitrogens with zero attached hydrogens (tertiary/aromatic N) is 3. The van der Waals surface area contributed by atoms with Crippen molar-refractivity contribution in [3.8, 4) is 0 Å². The second-order valence-electron chi connectivity index (χ2n) is 10.9. The molecule has 0 radical (unpaired) electrons. The lowest BCUT2D eigenvalue weighted by Crippen LogP contribution is -2.65. The van der Waals surface area contributed by atoms with Crippen molar-refractivity contribution in [2.24, 2.45) is 5.92 Å². The molecular weight excluding hydrogens is 446 g/mol. The van der Waals surface area contributed by atoms with E-state index < -0.39 is 21.2 Å². The average molecular weight is 486 g/mol. The van der Waals surface area contributed by atoms with E-state index in [1.165, 1.54) is 4.90 Å². The Morgan fingerprint density at radius 2 is 1.94 bits per heavy atom. The molecule has 0 aromatic carbocycles. The van der Waals surface area contributed by atoms with Gasteiger partial charge in [-0.2, -0.15) is 5.48 Å². The van der Waals surface area contributed by atoms with Crippen LogP contribution in [0.2, 0.25) is 0 Å². The van der Waals surface area contributed by atoms with E-state index in [9.17, 15) is 18.0 Å². The molecule has 2 saturated heterocycles. The molecule has 2 saturated carbocycles. The molecule has 4 aliphatic rings. The lowest BCUT2D eigenvalue weighted by atomic mass is 9.80. The summed E-state index contributed by atoms with van der Waals surface area (Å²) in [6.45, 7) is 5.49. The lowest BCUT2D eigenvalue weighted by Gasteiger charge is -2.48. The molecule has 5 atom stereocenters. The number of rotatable bonds is 9. The summed E-state index contributed by atoms with van der Waals surface area (Å²) in [7, 11) is 0.459. The normalized spacial score (nSPS) is 34.2. The van der Waals surface area contributed by atoms with Crippen LogP contribution in [0.1, 0.15) is 58.8 Å². The summed E-state index contributed by atoms with van der Waals surface area (Å²) in [5.41, 5.74) is 2.56. The zero-order valence-electron chi connectivity index (χ0n) is 20.2. The number of hydrogen-bond donors (Lipinski definition) is 2.